The Bertz CT molecular complexity index is 716. The summed E-state index contributed by atoms with van der Waals surface area (Å²) in [6.07, 6.45) is 1.22. The fourth-order valence-electron chi connectivity index (χ4n) is 1.81. The van der Waals surface area contributed by atoms with E-state index in [4.69, 9.17) is 0 Å². The van der Waals surface area contributed by atoms with E-state index in [1.165, 1.54) is 16.0 Å². The molecule has 1 aromatic carbocycles. The zero-order valence-electron chi connectivity index (χ0n) is 11.5. The summed E-state index contributed by atoms with van der Waals surface area (Å²) in [5.74, 6) is 0. The summed E-state index contributed by atoms with van der Waals surface area (Å²) in [6, 6.07) is 7.25. The molecule has 0 aliphatic rings. The Hall–Kier alpha value is -0.850. The van der Waals surface area contributed by atoms with E-state index >= 15 is 0 Å². The molecule has 0 saturated heterocycles. The van der Waals surface area contributed by atoms with Gasteiger partial charge in [0.2, 0.25) is 0 Å². The van der Waals surface area contributed by atoms with E-state index in [-0.39, 0.29) is 0 Å². The number of anilines is 1. The molecule has 0 saturated carbocycles. The molecule has 2 rings (SSSR count). The van der Waals surface area contributed by atoms with Crippen molar-refractivity contribution in [3.05, 3.63) is 44.1 Å². The van der Waals surface area contributed by atoms with Crippen LogP contribution in [0.2, 0.25) is 0 Å². The number of rotatable bonds is 4. The standard InChI is InChI=1S/C14H16BrNO2S2/c1-9-4-5-12(20(3,17)18)7-14(9)16-8-11-6-13(15)10(2)19-11/h4-7,16H,8H2,1-3H3. The van der Waals surface area contributed by atoms with E-state index in [9.17, 15) is 8.42 Å². The molecule has 0 radical (unpaired) electrons. The van der Waals surface area contributed by atoms with Crippen molar-refractivity contribution in [2.75, 3.05) is 11.6 Å². The van der Waals surface area contributed by atoms with E-state index < -0.39 is 9.84 Å². The highest BCUT2D eigenvalue weighted by Gasteiger charge is 2.10. The number of sulfone groups is 1. The van der Waals surface area contributed by atoms with E-state index in [1.807, 2.05) is 13.0 Å². The lowest BCUT2D eigenvalue weighted by atomic mass is 10.2. The van der Waals surface area contributed by atoms with Crippen molar-refractivity contribution in [3.63, 3.8) is 0 Å². The highest BCUT2D eigenvalue weighted by atomic mass is 79.9. The molecule has 1 heterocycles. The molecule has 0 amide bonds. The molecule has 1 aromatic heterocycles. The summed E-state index contributed by atoms with van der Waals surface area (Å²) in [6.45, 7) is 4.71. The van der Waals surface area contributed by atoms with Gasteiger partial charge in [0.15, 0.2) is 9.84 Å². The lowest BCUT2D eigenvalue weighted by molar-refractivity contribution is 0.602. The molecular formula is C14H16BrNO2S2. The van der Waals surface area contributed by atoms with E-state index in [0.29, 0.717) is 11.4 Å². The number of hydrogen-bond donors (Lipinski definition) is 1. The molecule has 0 unspecified atom stereocenters. The van der Waals surface area contributed by atoms with Crippen LogP contribution in [-0.4, -0.2) is 14.7 Å². The Morgan fingerprint density at radius 1 is 1.25 bits per heavy atom. The second-order valence-electron chi connectivity index (χ2n) is 4.72. The monoisotopic (exact) mass is 373 g/mol. The summed E-state index contributed by atoms with van der Waals surface area (Å²) >= 11 is 5.22. The highest BCUT2D eigenvalue weighted by Crippen LogP contribution is 2.27. The van der Waals surface area contributed by atoms with Gasteiger partial charge in [0, 0.05) is 32.7 Å². The van der Waals surface area contributed by atoms with Crippen molar-refractivity contribution in [2.24, 2.45) is 0 Å². The number of hydrogen-bond acceptors (Lipinski definition) is 4. The van der Waals surface area contributed by atoms with Gasteiger partial charge >= 0.3 is 0 Å². The van der Waals surface area contributed by atoms with E-state index in [2.05, 4.69) is 34.2 Å². The van der Waals surface area contributed by atoms with Crippen LogP contribution >= 0.6 is 27.3 Å². The summed E-state index contributed by atoms with van der Waals surface area (Å²) in [5.41, 5.74) is 1.89. The maximum atomic E-state index is 11.6. The van der Waals surface area contributed by atoms with Crippen LogP contribution in [0.25, 0.3) is 0 Å². The molecule has 108 valence electrons. The normalized spacial score (nSPS) is 11.6. The van der Waals surface area contributed by atoms with Crippen LogP contribution in [0.4, 0.5) is 5.69 Å². The fraction of sp³-hybridized carbons (Fsp3) is 0.286. The van der Waals surface area contributed by atoms with Crippen LogP contribution < -0.4 is 5.32 Å². The Labute approximate surface area is 132 Å². The topological polar surface area (TPSA) is 46.2 Å². The third kappa shape index (κ3) is 3.62. The summed E-state index contributed by atoms with van der Waals surface area (Å²) in [4.78, 5) is 2.79. The molecule has 6 heteroatoms. The first-order chi connectivity index (χ1) is 9.27. The average molecular weight is 374 g/mol. The van der Waals surface area contributed by atoms with Crippen molar-refractivity contribution < 1.29 is 8.42 Å². The van der Waals surface area contributed by atoms with Crippen molar-refractivity contribution in [2.45, 2.75) is 25.3 Å². The summed E-state index contributed by atoms with van der Waals surface area (Å²) < 4.78 is 24.3. The minimum Gasteiger partial charge on any atom is -0.380 e. The Balaban J connectivity index is 2.21. The molecule has 0 bridgehead atoms. The number of thiophene rings is 1. The summed E-state index contributed by atoms with van der Waals surface area (Å²) in [7, 11) is -3.17. The van der Waals surface area contributed by atoms with Crippen LogP contribution in [0.3, 0.4) is 0 Å². The lowest BCUT2D eigenvalue weighted by Gasteiger charge is -2.10. The van der Waals surface area contributed by atoms with Gasteiger partial charge in [-0.15, -0.1) is 11.3 Å². The zero-order valence-corrected chi connectivity index (χ0v) is 14.7. The Morgan fingerprint density at radius 3 is 2.50 bits per heavy atom. The summed E-state index contributed by atoms with van der Waals surface area (Å²) in [5, 5.41) is 3.31. The van der Waals surface area contributed by atoms with Crippen LogP contribution in [0.15, 0.2) is 33.6 Å². The molecule has 0 spiro atoms. The predicted octanol–water partition coefficient (Wildman–Crippen LogP) is 4.14. The average Bonchev–Trinajstić information content (AvgIpc) is 2.66. The minimum atomic E-state index is -3.17. The van der Waals surface area contributed by atoms with Gasteiger partial charge in [0.25, 0.3) is 0 Å². The fourth-order valence-corrected chi connectivity index (χ4v) is 4.00. The van der Waals surface area contributed by atoms with Crippen molar-refractivity contribution >= 4 is 42.8 Å². The van der Waals surface area contributed by atoms with Gasteiger partial charge in [0.05, 0.1) is 4.90 Å². The van der Waals surface area contributed by atoms with Gasteiger partial charge in [-0.3, -0.25) is 0 Å². The first-order valence-corrected chi connectivity index (χ1v) is 9.57. The SMILES string of the molecule is Cc1ccc(S(C)(=O)=O)cc1NCc1cc(Br)c(C)s1. The molecule has 3 nitrogen and oxygen atoms in total. The first-order valence-electron chi connectivity index (χ1n) is 6.07. The molecule has 0 aliphatic carbocycles. The molecule has 20 heavy (non-hydrogen) atoms. The largest absolute Gasteiger partial charge is 0.380 e. The van der Waals surface area contributed by atoms with Gasteiger partial charge in [-0.1, -0.05) is 6.07 Å². The zero-order chi connectivity index (χ0) is 14.9. The van der Waals surface area contributed by atoms with E-state index in [1.54, 1.807) is 23.5 Å². The second-order valence-corrected chi connectivity index (χ2v) is 8.93. The van der Waals surface area contributed by atoms with Crippen molar-refractivity contribution in [1.29, 1.82) is 0 Å². The third-order valence-corrected chi connectivity index (χ3v) is 6.25. The number of nitrogens with one attached hydrogen (secondary N) is 1. The maximum Gasteiger partial charge on any atom is 0.175 e. The van der Waals surface area contributed by atoms with Gasteiger partial charge in [-0.2, -0.15) is 0 Å². The van der Waals surface area contributed by atoms with Gasteiger partial charge in [0.1, 0.15) is 0 Å². The molecule has 0 aliphatic heterocycles. The number of aryl methyl sites for hydroxylation is 2. The van der Waals surface area contributed by atoms with Crippen LogP contribution in [0.5, 0.6) is 0 Å². The highest BCUT2D eigenvalue weighted by molar-refractivity contribution is 9.10. The van der Waals surface area contributed by atoms with Gasteiger partial charge in [-0.25, -0.2) is 8.42 Å². The molecule has 2 aromatic rings. The van der Waals surface area contributed by atoms with Crippen molar-refractivity contribution in [1.82, 2.24) is 0 Å². The number of benzene rings is 1. The predicted molar refractivity (Wildman–Crippen MR) is 88.4 cm³/mol. The van der Waals surface area contributed by atoms with E-state index in [0.717, 1.165) is 15.7 Å². The van der Waals surface area contributed by atoms with Crippen LogP contribution in [0.1, 0.15) is 15.3 Å². The van der Waals surface area contributed by atoms with Crippen LogP contribution in [0, 0.1) is 13.8 Å². The van der Waals surface area contributed by atoms with Crippen molar-refractivity contribution in [3.8, 4) is 0 Å². The third-order valence-electron chi connectivity index (χ3n) is 3.00. The lowest BCUT2D eigenvalue weighted by Crippen LogP contribution is -2.03. The second kappa shape index (κ2) is 5.87. The first kappa shape index (κ1) is 15.5. The van der Waals surface area contributed by atoms with Gasteiger partial charge in [-0.05, 0) is 53.5 Å². The molecular weight excluding hydrogens is 358 g/mol. The van der Waals surface area contributed by atoms with Crippen LogP contribution in [-0.2, 0) is 16.4 Å². The Morgan fingerprint density at radius 2 is 1.95 bits per heavy atom. The minimum absolute atomic E-state index is 0.342. The molecule has 0 fully saturated rings. The quantitative estimate of drug-likeness (QED) is 0.875. The maximum absolute atomic E-state index is 11.6. The molecule has 0 atom stereocenters. The Kier molecular flexibility index (Phi) is 4.56. The number of halogens is 1. The smallest absolute Gasteiger partial charge is 0.175 e. The van der Waals surface area contributed by atoms with Gasteiger partial charge < -0.3 is 5.32 Å². The molecule has 1 N–H and O–H groups in total.